The molecule has 8 nitrogen and oxygen atoms in total. The van der Waals surface area contributed by atoms with E-state index in [0.717, 1.165) is 44.4 Å². The third-order valence-corrected chi connectivity index (χ3v) is 5.20. The van der Waals surface area contributed by atoms with Gasteiger partial charge in [-0.25, -0.2) is 4.79 Å². The van der Waals surface area contributed by atoms with Crippen LogP contribution in [0.4, 0.5) is 5.69 Å². The average molecular weight is 385 g/mol. The van der Waals surface area contributed by atoms with Crippen molar-refractivity contribution in [2.75, 3.05) is 5.73 Å². The fourth-order valence-electron chi connectivity index (χ4n) is 3.82. The van der Waals surface area contributed by atoms with E-state index in [1.54, 1.807) is 39.5 Å². The van der Waals surface area contributed by atoms with Gasteiger partial charge in [0.05, 0.1) is 39.8 Å². The van der Waals surface area contributed by atoms with Crippen LogP contribution < -0.4 is 11.4 Å². The van der Waals surface area contributed by atoms with Crippen molar-refractivity contribution in [3.8, 4) is 16.8 Å². The molecule has 5 aromatic rings. The fraction of sp³-hybridized carbons (Fsp3) is 0.143. The van der Waals surface area contributed by atoms with Crippen LogP contribution in [0.2, 0.25) is 0 Å². The zero-order valence-electron chi connectivity index (χ0n) is 16.3. The monoisotopic (exact) mass is 385 g/mol. The summed E-state index contributed by atoms with van der Waals surface area (Å²) in [6.07, 6.45) is 6.98. The molecule has 0 radical (unpaired) electrons. The molecule has 0 bridgehead atoms. The molecular formula is C21H19N7O. The molecule has 0 unspecified atom stereocenters. The highest BCUT2D eigenvalue weighted by atomic mass is 16.1. The summed E-state index contributed by atoms with van der Waals surface area (Å²) in [5, 5.41) is 5.29. The maximum absolute atomic E-state index is 13.1. The molecule has 0 saturated carbocycles. The molecule has 144 valence electrons. The summed E-state index contributed by atoms with van der Waals surface area (Å²) in [6.45, 7) is 1.90. The molecule has 0 aliphatic carbocycles. The second kappa shape index (κ2) is 6.03. The molecule has 4 heterocycles. The molecule has 4 aromatic heterocycles. The molecule has 2 N–H and O–H groups in total. The number of aryl methyl sites for hydroxylation is 3. The summed E-state index contributed by atoms with van der Waals surface area (Å²) in [7, 11) is 3.60. The lowest BCUT2D eigenvalue weighted by Gasteiger charge is -2.08. The fourth-order valence-corrected chi connectivity index (χ4v) is 3.82. The van der Waals surface area contributed by atoms with Gasteiger partial charge in [0.1, 0.15) is 0 Å². The molecule has 0 saturated heterocycles. The lowest BCUT2D eigenvalue weighted by molar-refractivity contribution is 0.756. The van der Waals surface area contributed by atoms with Gasteiger partial charge in [-0.2, -0.15) is 5.10 Å². The number of aromatic nitrogens is 6. The Morgan fingerprint density at radius 3 is 2.59 bits per heavy atom. The number of hydrogen-bond acceptors (Lipinski definition) is 5. The Morgan fingerprint density at radius 1 is 1.03 bits per heavy atom. The lowest BCUT2D eigenvalue weighted by Crippen LogP contribution is -2.21. The van der Waals surface area contributed by atoms with Gasteiger partial charge in [-0.15, -0.1) is 0 Å². The average Bonchev–Trinajstić information content (AvgIpc) is 3.17. The number of benzene rings is 1. The van der Waals surface area contributed by atoms with E-state index < -0.39 is 0 Å². The van der Waals surface area contributed by atoms with E-state index in [0.29, 0.717) is 5.69 Å². The van der Waals surface area contributed by atoms with Gasteiger partial charge >= 0.3 is 5.69 Å². The highest BCUT2D eigenvalue weighted by Gasteiger charge is 2.19. The number of anilines is 1. The largest absolute Gasteiger partial charge is 0.397 e. The van der Waals surface area contributed by atoms with Crippen LogP contribution in [0.15, 0.2) is 53.8 Å². The Bertz CT molecular complexity index is 1470. The van der Waals surface area contributed by atoms with Gasteiger partial charge in [0, 0.05) is 43.6 Å². The minimum absolute atomic E-state index is 0.138. The van der Waals surface area contributed by atoms with E-state index in [2.05, 4.69) is 15.1 Å². The predicted octanol–water partition coefficient (Wildman–Crippen LogP) is 2.56. The molecule has 1 aromatic carbocycles. The van der Waals surface area contributed by atoms with Crippen LogP contribution in [0.1, 0.15) is 5.69 Å². The van der Waals surface area contributed by atoms with E-state index >= 15 is 0 Å². The number of nitrogen functional groups attached to an aromatic ring is 1. The topological polar surface area (TPSA) is 96.5 Å². The Hall–Kier alpha value is -3.94. The lowest BCUT2D eigenvalue weighted by atomic mass is 10.0. The van der Waals surface area contributed by atoms with Crippen molar-refractivity contribution >= 4 is 27.6 Å². The number of rotatable bonds is 2. The Morgan fingerprint density at radius 2 is 1.86 bits per heavy atom. The van der Waals surface area contributed by atoms with Crippen LogP contribution >= 0.6 is 0 Å². The van der Waals surface area contributed by atoms with E-state index in [9.17, 15) is 4.79 Å². The van der Waals surface area contributed by atoms with Crippen LogP contribution in [0.25, 0.3) is 38.8 Å². The summed E-state index contributed by atoms with van der Waals surface area (Å²) in [4.78, 5) is 21.9. The Kier molecular flexibility index (Phi) is 3.57. The van der Waals surface area contributed by atoms with Gasteiger partial charge in [0.15, 0.2) is 0 Å². The van der Waals surface area contributed by atoms with Crippen molar-refractivity contribution in [3.05, 3.63) is 65.2 Å². The highest BCUT2D eigenvalue weighted by molar-refractivity contribution is 6.04. The predicted molar refractivity (Wildman–Crippen MR) is 113 cm³/mol. The van der Waals surface area contributed by atoms with Crippen LogP contribution in [0, 0.1) is 6.92 Å². The smallest absolute Gasteiger partial charge is 0.333 e. The first-order valence-electron chi connectivity index (χ1n) is 9.16. The summed E-state index contributed by atoms with van der Waals surface area (Å²) >= 11 is 0. The maximum atomic E-state index is 13.1. The Labute approximate surface area is 165 Å². The first kappa shape index (κ1) is 17.2. The van der Waals surface area contributed by atoms with Gasteiger partial charge < -0.3 is 5.73 Å². The van der Waals surface area contributed by atoms with Crippen LogP contribution in [-0.4, -0.2) is 28.9 Å². The third-order valence-electron chi connectivity index (χ3n) is 5.20. The number of pyridine rings is 2. The quantitative estimate of drug-likeness (QED) is 0.504. The minimum Gasteiger partial charge on any atom is -0.397 e. The van der Waals surface area contributed by atoms with Gasteiger partial charge in [-0.3, -0.25) is 23.8 Å². The molecular weight excluding hydrogens is 366 g/mol. The standard InChI is InChI=1S/C21H19N7O/c1-12-19(11-26(2)25-12)28-20-16-7-13(14-6-15(22)9-23-8-14)4-5-17(16)24-10-18(20)27(3)21(28)29/h4-11H,22H2,1-3H3. The molecule has 0 aliphatic heterocycles. The van der Waals surface area contributed by atoms with Crippen molar-refractivity contribution in [2.45, 2.75) is 6.92 Å². The van der Waals surface area contributed by atoms with Crippen molar-refractivity contribution in [3.63, 3.8) is 0 Å². The molecule has 0 spiro atoms. The van der Waals surface area contributed by atoms with Crippen LogP contribution in [0.3, 0.4) is 0 Å². The number of imidazole rings is 1. The summed E-state index contributed by atoms with van der Waals surface area (Å²) in [5.74, 6) is 0. The summed E-state index contributed by atoms with van der Waals surface area (Å²) < 4.78 is 5.04. The molecule has 29 heavy (non-hydrogen) atoms. The summed E-state index contributed by atoms with van der Waals surface area (Å²) in [5.41, 5.74) is 12.1. The van der Waals surface area contributed by atoms with Crippen LogP contribution in [-0.2, 0) is 14.1 Å². The molecule has 0 atom stereocenters. The summed E-state index contributed by atoms with van der Waals surface area (Å²) in [6, 6.07) is 7.84. The van der Waals surface area contributed by atoms with Crippen LogP contribution in [0.5, 0.6) is 0 Å². The van der Waals surface area contributed by atoms with Crippen molar-refractivity contribution in [2.24, 2.45) is 14.1 Å². The van der Waals surface area contributed by atoms with Crippen molar-refractivity contribution in [1.82, 2.24) is 28.9 Å². The van der Waals surface area contributed by atoms with Gasteiger partial charge in [-0.1, -0.05) is 6.07 Å². The second-order valence-electron chi connectivity index (χ2n) is 7.18. The van der Waals surface area contributed by atoms with E-state index in [1.807, 2.05) is 44.4 Å². The normalized spacial score (nSPS) is 11.6. The molecule has 0 amide bonds. The SMILES string of the molecule is Cc1nn(C)cc1-n1c(=O)n(C)c2cnc3ccc(-c4cncc(N)c4)cc3c21. The van der Waals surface area contributed by atoms with E-state index in [4.69, 9.17) is 5.73 Å². The second-order valence-corrected chi connectivity index (χ2v) is 7.18. The molecule has 8 heteroatoms. The van der Waals surface area contributed by atoms with Crippen molar-refractivity contribution in [1.29, 1.82) is 0 Å². The first-order chi connectivity index (χ1) is 13.9. The van der Waals surface area contributed by atoms with Gasteiger partial charge in [0.25, 0.3) is 0 Å². The third kappa shape index (κ3) is 2.53. The number of fused-ring (bicyclic) bond motifs is 3. The Balaban J connectivity index is 1.90. The van der Waals surface area contributed by atoms with Crippen molar-refractivity contribution < 1.29 is 0 Å². The number of hydrogen-bond donors (Lipinski definition) is 1. The zero-order chi connectivity index (χ0) is 20.3. The van der Waals surface area contributed by atoms with Gasteiger partial charge in [-0.05, 0) is 30.7 Å². The minimum atomic E-state index is -0.138. The number of nitrogens with two attached hydrogens (primary N) is 1. The van der Waals surface area contributed by atoms with E-state index in [-0.39, 0.29) is 5.69 Å². The maximum Gasteiger partial charge on any atom is 0.333 e. The molecule has 5 rings (SSSR count). The number of nitrogens with zero attached hydrogens (tertiary/aromatic N) is 6. The highest BCUT2D eigenvalue weighted by Crippen LogP contribution is 2.30. The molecule has 0 aliphatic rings. The van der Waals surface area contributed by atoms with Gasteiger partial charge in [0.2, 0.25) is 0 Å². The zero-order valence-corrected chi connectivity index (χ0v) is 16.3. The van der Waals surface area contributed by atoms with E-state index in [1.165, 1.54) is 0 Å². The molecule has 0 fully saturated rings. The first-order valence-corrected chi connectivity index (χ1v) is 9.16.